The lowest BCUT2D eigenvalue weighted by atomic mass is 10.8. The second-order valence-corrected chi connectivity index (χ2v) is 7.13. The molecule has 0 fully saturated rings. The van der Waals surface area contributed by atoms with E-state index in [0.717, 1.165) is 0 Å². The molecule has 6 N–H and O–H groups in total. The first-order chi connectivity index (χ1) is 6.95. The van der Waals surface area contributed by atoms with Crippen LogP contribution in [-0.4, -0.2) is 58.3 Å². The molecule has 0 spiro atoms. The van der Waals surface area contributed by atoms with E-state index in [2.05, 4.69) is 0 Å². The van der Waals surface area contributed by atoms with Crippen LogP contribution in [0.2, 0.25) is 0 Å². The van der Waals surface area contributed by atoms with Gasteiger partial charge in [0.05, 0.1) is 11.5 Å². The predicted molar refractivity (Wildman–Crippen MR) is 74.9 cm³/mol. The summed E-state index contributed by atoms with van der Waals surface area (Å²) in [4.78, 5) is 21.4. The number of carboxylic acid groups (broad SMARTS) is 2. The maximum Gasteiger partial charge on any atom is 0.311 e. The summed E-state index contributed by atoms with van der Waals surface area (Å²) in [6.07, 6.45) is 0. The number of hydrogen-bond acceptors (Lipinski definition) is 4. The van der Waals surface area contributed by atoms with E-state index in [1.54, 1.807) is 0 Å². The molecule has 17 heavy (non-hydrogen) atoms. The quantitative estimate of drug-likeness (QED) is 0.488. The molecule has 0 aliphatic rings. The molecule has 0 bridgehead atoms. The Balaban J connectivity index is -0.000000980. The molecule has 0 unspecified atom stereocenters. The number of carboxylic acids is 2. The molecule has 9 heteroatoms. The van der Waals surface area contributed by atoms with Gasteiger partial charge in [0, 0.05) is 0 Å². The van der Waals surface area contributed by atoms with Gasteiger partial charge in [0.25, 0.3) is 0 Å². The summed E-state index contributed by atoms with van der Waals surface area (Å²) < 4.78 is 0. The van der Waals surface area contributed by atoms with Gasteiger partial charge in [-0.2, -0.15) is 0 Å². The fraction of sp³-hybridized carbons (Fsp3) is 0.750. The van der Waals surface area contributed by atoms with Gasteiger partial charge in [0.2, 0.25) is 0 Å². The van der Waals surface area contributed by atoms with Crippen molar-refractivity contribution in [1.82, 2.24) is 0 Å². The Morgan fingerprint density at radius 2 is 1.18 bits per heavy atom. The van der Waals surface area contributed by atoms with Gasteiger partial charge in [-0.1, -0.05) is 0 Å². The Labute approximate surface area is 114 Å². The highest BCUT2D eigenvalue weighted by Gasteiger charge is 2.28. The van der Waals surface area contributed by atoms with Gasteiger partial charge in [0.15, 0.2) is 0 Å². The third kappa shape index (κ3) is 9.49. The summed E-state index contributed by atoms with van der Waals surface area (Å²) >= 11 is 0. The molecule has 0 aromatic carbocycles. The highest BCUT2D eigenvalue weighted by Crippen LogP contribution is 2.46. The molecule has 0 aromatic rings. The molecule has 0 amide bonds. The molecular formula is C8H20Cl2N2O4S. The third-order valence-electron chi connectivity index (χ3n) is 1.96. The van der Waals surface area contributed by atoms with Crippen molar-refractivity contribution in [2.24, 2.45) is 11.5 Å². The predicted octanol–water partition coefficient (Wildman–Crippen LogP) is -0.279. The number of aliphatic carboxylic acids is 2. The maximum atomic E-state index is 10.7. The normalized spacial score (nSPS) is 10.9. The van der Waals surface area contributed by atoms with E-state index >= 15 is 0 Å². The van der Waals surface area contributed by atoms with Gasteiger partial charge in [-0.3, -0.25) is 9.59 Å². The van der Waals surface area contributed by atoms with Crippen molar-refractivity contribution in [3.63, 3.8) is 0 Å². The lowest BCUT2D eigenvalue weighted by Gasteiger charge is -2.36. The average molecular weight is 311 g/mol. The van der Waals surface area contributed by atoms with E-state index in [0.29, 0.717) is 24.6 Å². The van der Waals surface area contributed by atoms with Crippen molar-refractivity contribution in [2.75, 3.05) is 36.1 Å². The molecule has 0 rings (SSSR count). The van der Waals surface area contributed by atoms with Gasteiger partial charge in [-0.25, -0.2) is 10.0 Å². The van der Waals surface area contributed by atoms with Crippen LogP contribution in [-0.2, 0) is 9.59 Å². The largest absolute Gasteiger partial charge is 0.481 e. The number of hydrogen-bond donors (Lipinski definition) is 4. The van der Waals surface area contributed by atoms with Gasteiger partial charge in [-0.05, 0) is 24.6 Å². The molecule has 0 saturated heterocycles. The lowest BCUT2D eigenvalue weighted by Crippen LogP contribution is -2.31. The van der Waals surface area contributed by atoms with Crippen molar-refractivity contribution in [3.05, 3.63) is 0 Å². The van der Waals surface area contributed by atoms with Crippen LogP contribution in [0.25, 0.3) is 0 Å². The van der Waals surface area contributed by atoms with Crippen molar-refractivity contribution in [2.45, 2.75) is 0 Å². The minimum Gasteiger partial charge on any atom is -0.481 e. The molecule has 6 nitrogen and oxygen atoms in total. The van der Waals surface area contributed by atoms with Crippen LogP contribution in [0.5, 0.6) is 0 Å². The fourth-order valence-electron chi connectivity index (χ4n) is 1.47. The number of rotatable bonds is 8. The summed E-state index contributed by atoms with van der Waals surface area (Å²) in [6.45, 7) is 0.603. The number of carbonyl (C=O) groups is 2. The Kier molecular flexibility index (Phi) is 14.1. The zero-order valence-corrected chi connectivity index (χ0v) is 11.8. The van der Waals surface area contributed by atoms with E-state index in [9.17, 15) is 9.59 Å². The smallest absolute Gasteiger partial charge is 0.311 e. The first-order valence-electron chi connectivity index (χ1n) is 4.53. The molecule has 0 radical (unpaired) electrons. The second-order valence-electron chi connectivity index (χ2n) is 3.29. The van der Waals surface area contributed by atoms with Crippen LogP contribution >= 0.6 is 34.8 Å². The molecule has 0 atom stereocenters. The standard InChI is InChI=1S/C8H18N2O4S.2ClH/c9-1-3-15(4-2-10,5-7(11)12)6-8(13)14;;/h1-6,9-10H2,(H,11,12)(H,13,14);2*1H. The second kappa shape index (κ2) is 10.9. The van der Waals surface area contributed by atoms with Crippen molar-refractivity contribution in [1.29, 1.82) is 0 Å². The SMILES string of the molecule is Cl.Cl.NCCS(CCN)(CC(=O)O)CC(=O)O. The van der Waals surface area contributed by atoms with Gasteiger partial charge in [-0.15, -0.1) is 24.8 Å². The van der Waals surface area contributed by atoms with Gasteiger partial charge >= 0.3 is 11.9 Å². The molecule has 0 heterocycles. The summed E-state index contributed by atoms with van der Waals surface area (Å²) in [6, 6.07) is 0. The Morgan fingerprint density at radius 3 is 1.35 bits per heavy atom. The van der Waals surface area contributed by atoms with Crippen LogP contribution in [0.3, 0.4) is 0 Å². The monoisotopic (exact) mass is 310 g/mol. The highest BCUT2D eigenvalue weighted by atomic mass is 35.5. The zero-order valence-electron chi connectivity index (χ0n) is 9.33. The summed E-state index contributed by atoms with van der Waals surface area (Å²) in [7, 11) is -1.74. The van der Waals surface area contributed by atoms with E-state index in [4.69, 9.17) is 21.7 Å². The van der Waals surface area contributed by atoms with Crippen LogP contribution in [0.1, 0.15) is 0 Å². The van der Waals surface area contributed by atoms with Gasteiger partial charge < -0.3 is 21.7 Å². The summed E-state index contributed by atoms with van der Waals surface area (Å²) in [5.41, 5.74) is 10.8. The van der Waals surface area contributed by atoms with E-state index in [1.807, 2.05) is 0 Å². The van der Waals surface area contributed by atoms with Crippen LogP contribution in [0, 0.1) is 0 Å². The van der Waals surface area contributed by atoms with Crippen LogP contribution in [0.15, 0.2) is 0 Å². The van der Waals surface area contributed by atoms with Crippen molar-refractivity contribution < 1.29 is 19.8 Å². The average Bonchev–Trinajstić information content (AvgIpc) is 2.01. The van der Waals surface area contributed by atoms with Crippen molar-refractivity contribution >= 4 is 46.8 Å². The molecule has 0 aliphatic carbocycles. The zero-order chi connectivity index (χ0) is 11.9. The molecule has 0 saturated carbocycles. The van der Waals surface area contributed by atoms with Crippen LogP contribution in [0.4, 0.5) is 0 Å². The molecule has 0 aromatic heterocycles. The number of halogens is 2. The van der Waals surface area contributed by atoms with Gasteiger partial charge in [0.1, 0.15) is 0 Å². The third-order valence-corrected chi connectivity index (χ3v) is 5.88. The van der Waals surface area contributed by atoms with Crippen LogP contribution < -0.4 is 11.5 Å². The topological polar surface area (TPSA) is 127 Å². The minimum absolute atomic E-state index is 0. The molecule has 0 aliphatic heterocycles. The van der Waals surface area contributed by atoms with Crippen molar-refractivity contribution in [3.8, 4) is 0 Å². The maximum absolute atomic E-state index is 10.7. The first kappa shape index (κ1) is 22.0. The summed E-state index contributed by atoms with van der Waals surface area (Å²) in [5, 5.41) is 17.5. The molecular weight excluding hydrogens is 291 g/mol. The number of nitrogens with two attached hydrogens (primary N) is 2. The highest BCUT2D eigenvalue weighted by molar-refractivity contribution is 8.34. The van der Waals surface area contributed by atoms with E-state index in [-0.39, 0.29) is 36.3 Å². The Bertz CT molecular complexity index is 220. The minimum atomic E-state index is -1.74. The van der Waals surface area contributed by atoms with E-state index < -0.39 is 22.0 Å². The first-order valence-corrected chi connectivity index (χ1v) is 6.84. The van der Waals surface area contributed by atoms with E-state index in [1.165, 1.54) is 0 Å². The lowest BCUT2D eigenvalue weighted by molar-refractivity contribution is -0.134. The Morgan fingerprint density at radius 1 is 0.882 bits per heavy atom. The fourth-order valence-corrected chi connectivity index (χ4v) is 4.40. The molecule has 106 valence electrons. The Hall–Kier alpha value is -0.210. The summed E-state index contributed by atoms with van der Waals surface area (Å²) in [5.74, 6) is -1.30.